The third-order valence-corrected chi connectivity index (χ3v) is 5.18. The van der Waals surface area contributed by atoms with Gasteiger partial charge in [0.25, 0.3) is 0 Å². The normalized spacial score (nSPS) is 29.6. The van der Waals surface area contributed by atoms with Crippen molar-refractivity contribution >= 4 is 11.9 Å². The average Bonchev–Trinajstić information content (AvgIpc) is 2.47. The van der Waals surface area contributed by atoms with Gasteiger partial charge in [0.15, 0.2) is 0 Å². The van der Waals surface area contributed by atoms with Crippen LogP contribution in [0.25, 0.3) is 0 Å². The number of aliphatic carboxylic acids is 1. The smallest absolute Gasteiger partial charge is 0.305 e. The predicted molar refractivity (Wildman–Crippen MR) is 77.3 cm³/mol. The SMILES string of the molecule is CCN(CCC(=O)O)C(=O)C1CCC2CCCCC2C1. The van der Waals surface area contributed by atoms with Crippen LogP contribution in [0.4, 0.5) is 0 Å². The highest BCUT2D eigenvalue weighted by atomic mass is 16.4. The molecule has 4 heteroatoms. The summed E-state index contributed by atoms with van der Waals surface area (Å²) in [6.45, 7) is 2.91. The van der Waals surface area contributed by atoms with E-state index in [1.54, 1.807) is 4.90 Å². The van der Waals surface area contributed by atoms with Crippen LogP contribution in [-0.4, -0.2) is 35.0 Å². The highest BCUT2D eigenvalue weighted by Crippen LogP contribution is 2.43. The monoisotopic (exact) mass is 281 g/mol. The molecule has 2 fully saturated rings. The van der Waals surface area contributed by atoms with Crippen molar-refractivity contribution in [2.75, 3.05) is 13.1 Å². The van der Waals surface area contributed by atoms with E-state index >= 15 is 0 Å². The van der Waals surface area contributed by atoms with Crippen molar-refractivity contribution in [2.24, 2.45) is 17.8 Å². The maximum atomic E-state index is 12.5. The molecule has 2 aliphatic rings. The molecule has 0 saturated heterocycles. The van der Waals surface area contributed by atoms with Crippen LogP contribution in [0.3, 0.4) is 0 Å². The summed E-state index contributed by atoms with van der Waals surface area (Å²) in [5.41, 5.74) is 0. The molecule has 0 heterocycles. The zero-order valence-corrected chi connectivity index (χ0v) is 12.5. The second-order valence-corrected chi connectivity index (χ2v) is 6.38. The molecule has 0 aliphatic heterocycles. The molecule has 0 radical (unpaired) electrons. The summed E-state index contributed by atoms with van der Waals surface area (Å²) in [4.78, 5) is 25.0. The van der Waals surface area contributed by atoms with Crippen molar-refractivity contribution in [3.05, 3.63) is 0 Å². The zero-order valence-electron chi connectivity index (χ0n) is 12.5. The van der Waals surface area contributed by atoms with E-state index in [0.717, 1.165) is 24.7 Å². The van der Waals surface area contributed by atoms with Crippen molar-refractivity contribution in [3.8, 4) is 0 Å². The van der Waals surface area contributed by atoms with Crippen LogP contribution in [0.15, 0.2) is 0 Å². The summed E-state index contributed by atoms with van der Waals surface area (Å²) in [7, 11) is 0. The topological polar surface area (TPSA) is 57.6 Å². The molecular formula is C16H27NO3. The van der Waals surface area contributed by atoms with Crippen LogP contribution in [0.1, 0.15) is 58.3 Å². The van der Waals surface area contributed by atoms with Gasteiger partial charge in [-0.05, 0) is 38.0 Å². The molecule has 1 N–H and O–H groups in total. The van der Waals surface area contributed by atoms with Crippen LogP contribution >= 0.6 is 0 Å². The maximum Gasteiger partial charge on any atom is 0.305 e. The Hall–Kier alpha value is -1.06. The maximum absolute atomic E-state index is 12.5. The summed E-state index contributed by atoms with van der Waals surface area (Å²) in [6, 6.07) is 0. The number of fused-ring (bicyclic) bond motifs is 1. The van der Waals surface area contributed by atoms with Gasteiger partial charge in [-0.25, -0.2) is 0 Å². The van der Waals surface area contributed by atoms with Crippen molar-refractivity contribution in [1.82, 2.24) is 4.90 Å². The van der Waals surface area contributed by atoms with Crippen molar-refractivity contribution in [3.63, 3.8) is 0 Å². The molecule has 2 saturated carbocycles. The first-order valence-corrected chi connectivity index (χ1v) is 8.12. The zero-order chi connectivity index (χ0) is 14.5. The van der Waals surface area contributed by atoms with Crippen molar-refractivity contribution in [2.45, 2.75) is 58.3 Å². The highest BCUT2D eigenvalue weighted by molar-refractivity contribution is 5.79. The molecule has 0 aromatic rings. The Kier molecular flexibility index (Phi) is 5.44. The quantitative estimate of drug-likeness (QED) is 0.843. The molecule has 2 rings (SSSR count). The minimum atomic E-state index is -0.827. The number of carbonyl (C=O) groups excluding carboxylic acids is 1. The van der Waals surface area contributed by atoms with Crippen LogP contribution in [0.5, 0.6) is 0 Å². The Balaban J connectivity index is 1.89. The van der Waals surface area contributed by atoms with Gasteiger partial charge in [-0.1, -0.05) is 25.7 Å². The fourth-order valence-corrected chi connectivity index (χ4v) is 4.01. The molecule has 1 amide bonds. The summed E-state index contributed by atoms with van der Waals surface area (Å²) in [5.74, 6) is 1.10. The van der Waals surface area contributed by atoms with Gasteiger partial charge in [-0.3, -0.25) is 9.59 Å². The van der Waals surface area contributed by atoms with Crippen LogP contribution in [0.2, 0.25) is 0 Å². The number of hydrogen-bond acceptors (Lipinski definition) is 2. The van der Waals surface area contributed by atoms with Gasteiger partial charge >= 0.3 is 5.97 Å². The molecule has 0 spiro atoms. The lowest BCUT2D eigenvalue weighted by atomic mass is 9.67. The van der Waals surface area contributed by atoms with Crippen molar-refractivity contribution in [1.29, 1.82) is 0 Å². The first-order valence-electron chi connectivity index (χ1n) is 8.12. The largest absolute Gasteiger partial charge is 0.481 e. The molecule has 3 atom stereocenters. The fourth-order valence-electron chi connectivity index (χ4n) is 4.01. The Morgan fingerprint density at radius 3 is 2.45 bits per heavy atom. The van der Waals surface area contributed by atoms with E-state index < -0.39 is 5.97 Å². The molecule has 3 unspecified atom stereocenters. The third kappa shape index (κ3) is 3.74. The minimum absolute atomic E-state index is 0.0539. The van der Waals surface area contributed by atoms with E-state index in [1.165, 1.54) is 32.1 Å². The lowest BCUT2D eigenvalue weighted by Crippen LogP contribution is -2.41. The van der Waals surface area contributed by atoms with Gasteiger partial charge in [0.05, 0.1) is 6.42 Å². The number of carboxylic acids is 1. The van der Waals surface area contributed by atoms with E-state index in [0.29, 0.717) is 13.1 Å². The highest BCUT2D eigenvalue weighted by Gasteiger charge is 2.36. The third-order valence-electron chi connectivity index (χ3n) is 5.18. The first-order chi connectivity index (χ1) is 9.61. The van der Waals surface area contributed by atoms with Crippen LogP contribution in [-0.2, 0) is 9.59 Å². The van der Waals surface area contributed by atoms with E-state index in [-0.39, 0.29) is 18.2 Å². The lowest BCUT2D eigenvalue weighted by Gasteiger charge is -2.40. The van der Waals surface area contributed by atoms with Gasteiger partial charge in [-0.2, -0.15) is 0 Å². The molecule has 20 heavy (non-hydrogen) atoms. The number of nitrogens with zero attached hydrogens (tertiary/aromatic N) is 1. The molecule has 114 valence electrons. The first kappa shape index (κ1) is 15.3. The van der Waals surface area contributed by atoms with Gasteiger partial charge in [0.2, 0.25) is 5.91 Å². The van der Waals surface area contributed by atoms with Crippen LogP contribution < -0.4 is 0 Å². The van der Waals surface area contributed by atoms with E-state index in [9.17, 15) is 9.59 Å². The summed E-state index contributed by atoms with van der Waals surface area (Å²) in [6.07, 6.45) is 8.60. The Morgan fingerprint density at radius 1 is 1.10 bits per heavy atom. The van der Waals surface area contributed by atoms with Crippen molar-refractivity contribution < 1.29 is 14.7 Å². The molecular weight excluding hydrogens is 254 g/mol. The average molecular weight is 281 g/mol. The summed E-state index contributed by atoms with van der Waals surface area (Å²) < 4.78 is 0. The fraction of sp³-hybridized carbons (Fsp3) is 0.875. The summed E-state index contributed by atoms with van der Waals surface area (Å²) in [5, 5.41) is 8.77. The standard InChI is InChI=1S/C16H27NO3/c1-2-17(10-9-15(18)19)16(20)14-8-7-12-5-3-4-6-13(12)11-14/h12-14H,2-11H2,1H3,(H,18,19). The van der Waals surface area contributed by atoms with E-state index in [2.05, 4.69) is 0 Å². The lowest BCUT2D eigenvalue weighted by molar-refractivity contribution is -0.140. The van der Waals surface area contributed by atoms with Gasteiger partial charge < -0.3 is 10.0 Å². The Labute approximate surface area is 121 Å². The van der Waals surface area contributed by atoms with Crippen LogP contribution in [0, 0.1) is 17.8 Å². The van der Waals surface area contributed by atoms with Gasteiger partial charge in [0.1, 0.15) is 0 Å². The molecule has 4 nitrogen and oxygen atoms in total. The number of hydrogen-bond donors (Lipinski definition) is 1. The van der Waals surface area contributed by atoms with E-state index in [4.69, 9.17) is 5.11 Å². The van der Waals surface area contributed by atoms with E-state index in [1.807, 2.05) is 6.92 Å². The van der Waals surface area contributed by atoms with Gasteiger partial charge in [0, 0.05) is 19.0 Å². The van der Waals surface area contributed by atoms with Gasteiger partial charge in [-0.15, -0.1) is 0 Å². The molecule has 0 aromatic carbocycles. The Morgan fingerprint density at radius 2 is 1.80 bits per heavy atom. The predicted octanol–water partition coefficient (Wildman–Crippen LogP) is 2.92. The molecule has 0 bridgehead atoms. The minimum Gasteiger partial charge on any atom is -0.481 e. The molecule has 0 aromatic heterocycles. The number of carbonyl (C=O) groups is 2. The number of rotatable bonds is 5. The second-order valence-electron chi connectivity index (χ2n) is 6.38. The number of carboxylic acid groups (broad SMARTS) is 1. The Bertz CT molecular complexity index is 356. The number of amides is 1. The second kappa shape index (κ2) is 7.09. The molecule has 2 aliphatic carbocycles. The summed E-state index contributed by atoms with van der Waals surface area (Å²) >= 11 is 0.